The summed E-state index contributed by atoms with van der Waals surface area (Å²) in [6.07, 6.45) is 0. The SMILES string of the molecule is CCOc1nc(NN)nc(N(CC)CC(C)C#N)n1. The van der Waals surface area contributed by atoms with Crippen LogP contribution in [0.15, 0.2) is 0 Å². The lowest BCUT2D eigenvalue weighted by Crippen LogP contribution is -2.30. The van der Waals surface area contributed by atoms with Crippen LogP contribution in [0, 0.1) is 17.2 Å². The molecule has 0 saturated carbocycles. The monoisotopic (exact) mass is 265 g/mol. The van der Waals surface area contributed by atoms with Crippen LogP contribution < -0.4 is 20.9 Å². The molecule has 8 nitrogen and oxygen atoms in total. The second-order valence-electron chi connectivity index (χ2n) is 3.89. The maximum absolute atomic E-state index is 8.88. The van der Waals surface area contributed by atoms with Gasteiger partial charge >= 0.3 is 6.01 Å². The van der Waals surface area contributed by atoms with Crippen molar-refractivity contribution in [2.75, 3.05) is 30.0 Å². The first-order valence-corrected chi connectivity index (χ1v) is 6.14. The highest BCUT2D eigenvalue weighted by Gasteiger charge is 2.15. The molecule has 104 valence electrons. The van der Waals surface area contributed by atoms with Gasteiger partial charge in [0.1, 0.15) is 0 Å². The number of nitrogen functional groups attached to an aromatic ring is 1. The number of nitrogens with two attached hydrogens (primary N) is 1. The third-order valence-corrected chi connectivity index (χ3v) is 2.38. The zero-order valence-electron chi connectivity index (χ0n) is 11.4. The Labute approximate surface area is 112 Å². The van der Waals surface area contributed by atoms with Crippen molar-refractivity contribution >= 4 is 11.9 Å². The minimum Gasteiger partial charge on any atom is -0.464 e. The molecule has 0 aromatic carbocycles. The van der Waals surface area contributed by atoms with Gasteiger partial charge in [0.2, 0.25) is 11.9 Å². The maximum Gasteiger partial charge on any atom is 0.323 e. The Morgan fingerprint density at radius 1 is 1.42 bits per heavy atom. The van der Waals surface area contributed by atoms with Crippen molar-refractivity contribution in [1.29, 1.82) is 5.26 Å². The molecule has 0 spiro atoms. The van der Waals surface area contributed by atoms with E-state index in [4.69, 9.17) is 15.8 Å². The van der Waals surface area contributed by atoms with Crippen molar-refractivity contribution in [1.82, 2.24) is 15.0 Å². The van der Waals surface area contributed by atoms with Crippen LogP contribution in [0.25, 0.3) is 0 Å². The highest BCUT2D eigenvalue weighted by atomic mass is 16.5. The van der Waals surface area contributed by atoms with Crippen molar-refractivity contribution in [3.8, 4) is 12.1 Å². The first-order chi connectivity index (χ1) is 9.14. The molecular formula is C11H19N7O. The van der Waals surface area contributed by atoms with Crippen molar-refractivity contribution in [2.45, 2.75) is 20.8 Å². The number of nitrogens with zero attached hydrogens (tertiary/aromatic N) is 5. The van der Waals surface area contributed by atoms with E-state index in [1.807, 2.05) is 25.7 Å². The number of hydrogen-bond donors (Lipinski definition) is 2. The predicted molar refractivity (Wildman–Crippen MR) is 71.5 cm³/mol. The van der Waals surface area contributed by atoms with Gasteiger partial charge in [-0.2, -0.15) is 20.2 Å². The molecule has 19 heavy (non-hydrogen) atoms. The third kappa shape index (κ3) is 4.22. The third-order valence-electron chi connectivity index (χ3n) is 2.38. The van der Waals surface area contributed by atoms with Crippen molar-refractivity contribution in [3.05, 3.63) is 0 Å². The van der Waals surface area contributed by atoms with E-state index in [0.717, 1.165) is 0 Å². The average Bonchev–Trinajstić information content (AvgIpc) is 2.44. The fourth-order valence-electron chi connectivity index (χ4n) is 1.47. The smallest absolute Gasteiger partial charge is 0.323 e. The number of nitriles is 1. The summed E-state index contributed by atoms with van der Waals surface area (Å²) in [5.41, 5.74) is 2.38. The topological polar surface area (TPSA) is 113 Å². The van der Waals surface area contributed by atoms with E-state index in [2.05, 4.69) is 26.4 Å². The Morgan fingerprint density at radius 2 is 2.16 bits per heavy atom. The number of aromatic nitrogens is 3. The average molecular weight is 265 g/mol. The molecule has 0 amide bonds. The standard InChI is InChI=1S/C11H19N7O/c1-4-18(7-8(3)6-12)10-14-9(17-13)15-11(16-10)19-5-2/h8H,4-5,7,13H2,1-3H3,(H,14,15,16,17). The molecular weight excluding hydrogens is 246 g/mol. The molecule has 0 aliphatic heterocycles. The summed E-state index contributed by atoms with van der Waals surface area (Å²) in [6.45, 7) is 7.31. The molecule has 0 saturated heterocycles. The lowest BCUT2D eigenvalue weighted by Gasteiger charge is -2.22. The highest BCUT2D eigenvalue weighted by Crippen LogP contribution is 2.15. The molecule has 0 bridgehead atoms. The normalized spacial score (nSPS) is 11.5. The van der Waals surface area contributed by atoms with Crippen molar-refractivity contribution in [3.63, 3.8) is 0 Å². The fourth-order valence-corrected chi connectivity index (χ4v) is 1.47. The van der Waals surface area contributed by atoms with E-state index >= 15 is 0 Å². The Hall–Kier alpha value is -2.14. The highest BCUT2D eigenvalue weighted by molar-refractivity contribution is 5.37. The number of anilines is 2. The zero-order valence-corrected chi connectivity index (χ0v) is 11.4. The van der Waals surface area contributed by atoms with Gasteiger partial charge in [0, 0.05) is 13.1 Å². The number of hydrazine groups is 1. The molecule has 1 heterocycles. The summed E-state index contributed by atoms with van der Waals surface area (Å²) in [4.78, 5) is 14.2. The summed E-state index contributed by atoms with van der Waals surface area (Å²) < 4.78 is 5.27. The molecule has 0 aliphatic carbocycles. The molecule has 0 aliphatic rings. The largest absolute Gasteiger partial charge is 0.464 e. The summed E-state index contributed by atoms with van der Waals surface area (Å²) in [5, 5.41) is 8.88. The Bertz CT molecular complexity index is 445. The van der Waals surface area contributed by atoms with Crippen LogP contribution >= 0.6 is 0 Å². The van der Waals surface area contributed by atoms with Gasteiger partial charge in [-0.1, -0.05) is 0 Å². The number of rotatable bonds is 7. The van der Waals surface area contributed by atoms with Crippen LogP contribution in [-0.2, 0) is 0 Å². The number of ether oxygens (including phenoxy) is 1. The van der Waals surface area contributed by atoms with E-state index in [-0.39, 0.29) is 17.9 Å². The molecule has 0 fully saturated rings. The van der Waals surface area contributed by atoms with Crippen LogP contribution in [-0.4, -0.2) is 34.6 Å². The van der Waals surface area contributed by atoms with Crippen LogP contribution in [0.3, 0.4) is 0 Å². The minimum atomic E-state index is -0.124. The predicted octanol–water partition coefficient (Wildman–Crippen LogP) is 0.542. The maximum atomic E-state index is 8.88. The number of nitrogens with one attached hydrogen (secondary N) is 1. The quantitative estimate of drug-likeness (QED) is 0.542. The first-order valence-electron chi connectivity index (χ1n) is 6.14. The van der Waals surface area contributed by atoms with Crippen molar-refractivity contribution < 1.29 is 4.74 Å². The molecule has 1 rings (SSSR count). The molecule has 1 unspecified atom stereocenters. The zero-order chi connectivity index (χ0) is 14.3. The lowest BCUT2D eigenvalue weighted by atomic mass is 10.2. The van der Waals surface area contributed by atoms with Gasteiger partial charge in [-0.15, -0.1) is 0 Å². The van der Waals surface area contributed by atoms with E-state index < -0.39 is 0 Å². The van der Waals surface area contributed by atoms with Gasteiger partial charge < -0.3 is 9.64 Å². The Kier molecular flexibility index (Phi) is 5.75. The molecule has 0 radical (unpaired) electrons. The molecule has 1 atom stereocenters. The van der Waals surface area contributed by atoms with Gasteiger partial charge in [0.05, 0.1) is 18.6 Å². The fraction of sp³-hybridized carbons (Fsp3) is 0.636. The van der Waals surface area contributed by atoms with E-state index in [1.165, 1.54) is 0 Å². The molecule has 8 heteroatoms. The summed E-state index contributed by atoms with van der Waals surface area (Å²) in [7, 11) is 0. The van der Waals surface area contributed by atoms with Gasteiger partial charge in [-0.25, -0.2) is 5.84 Å². The van der Waals surface area contributed by atoms with Gasteiger partial charge in [0.15, 0.2) is 0 Å². The van der Waals surface area contributed by atoms with E-state index in [1.54, 1.807) is 0 Å². The van der Waals surface area contributed by atoms with Gasteiger partial charge in [0.25, 0.3) is 0 Å². The second-order valence-corrected chi connectivity index (χ2v) is 3.89. The Balaban J connectivity index is 3.01. The Morgan fingerprint density at radius 3 is 2.68 bits per heavy atom. The molecule has 3 N–H and O–H groups in total. The lowest BCUT2D eigenvalue weighted by molar-refractivity contribution is 0.312. The minimum absolute atomic E-state index is 0.124. The van der Waals surface area contributed by atoms with Crippen LogP contribution in [0.4, 0.5) is 11.9 Å². The van der Waals surface area contributed by atoms with Crippen LogP contribution in [0.1, 0.15) is 20.8 Å². The first kappa shape index (κ1) is 14.9. The molecule has 1 aromatic heterocycles. The second kappa shape index (κ2) is 7.33. The summed E-state index contributed by atoms with van der Waals surface area (Å²) >= 11 is 0. The molecule has 1 aromatic rings. The number of hydrogen-bond acceptors (Lipinski definition) is 8. The van der Waals surface area contributed by atoms with E-state index in [9.17, 15) is 0 Å². The summed E-state index contributed by atoms with van der Waals surface area (Å²) in [5.74, 6) is 5.87. The van der Waals surface area contributed by atoms with Crippen molar-refractivity contribution in [2.24, 2.45) is 11.8 Å². The van der Waals surface area contributed by atoms with Crippen LogP contribution in [0.5, 0.6) is 6.01 Å². The van der Waals surface area contributed by atoms with Gasteiger partial charge in [-0.3, -0.25) is 5.43 Å². The van der Waals surface area contributed by atoms with Gasteiger partial charge in [-0.05, 0) is 20.8 Å². The summed E-state index contributed by atoms with van der Waals surface area (Å²) in [6, 6.07) is 2.40. The van der Waals surface area contributed by atoms with E-state index in [0.29, 0.717) is 25.6 Å². The van der Waals surface area contributed by atoms with Crippen LogP contribution in [0.2, 0.25) is 0 Å².